The third-order valence-electron chi connectivity index (χ3n) is 3.54. The Bertz CT molecular complexity index is 823. The summed E-state index contributed by atoms with van der Waals surface area (Å²) < 4.78 is 7.77. The highest BCUT2D eigenvalue weighted by atomic mass is 16.5. The molecule has 2 aromatic heterocycles. The molecule has 0 saturated heterocycles. The zero-order valence-corrected chi connectivity index (χ0v) is 14.0. The van der Waals surface area contributed by atoms with Gasteiger partial charge in [-0.2, -0.15) is 5.10 Å². The van der Waals surface area contributed by atoms with Crippen molar-refractivity contribution in [3.05, 3.63) is 53.5 Å². The molecule has 3 aromatic rings. The lowest BCUT2D eigenvalue weighted by Crippen LogP contribution is -2.10. The Kier molecular flexibility index (Phi) is 4.19. The molecule has 5 nitrogen and oxygen atoms in total. The fraction of sp³-hybridized carbons (Fsp3) is 0.333. The lowest BCUT2D eigenvalue weighted by Gasteiger charge is -2.16. The summed E-state index contributed by atoms with van der Waals surface area (Å²) in [6, 6.07) is 8.30. The van der Waals surface area contributed by atoms with E-state index in [-0.39, 0.29) is 6.10 Å². The number of benzene rings is 1. The van der Waals surface area contributed by atoms with Gasteiger partial charge in [-0.15, -0.1) is 0 Å². The zero-order valence-electron chi connectivity index (χ0n) is 14.0. The van der Waals surface area contributed by atoms with E-state index >= 15 is 0 Å². The molecule has 1 N–H and O–H groups in total. The SMILES string of the molecule is Cc1ccc(CNc2nccn3nc(C)cc23)c(OC(C)C)c1. The van der Waals surface area contributed by atoms with E-state index in [1.54, 1.807) is 6.20 Å². The molecule has 0 atom stereocenters. The minimum absolute atomic E-state index is 0.148. The molecule has 0 spiro atoms. The number of hydrogen-bond donors (Lipinski definition) is 1. The molecule has 0 saturated carbocycles. The summed E-state index contributed by atoms with van der Waals surface area (Å²) in [5.41, 5.74) is 4.25. The van der Waals surface area contributed by atoms with Gasteiger partial charge in [-0.25, -0.2) is 9.50 Å². The lowest BCUT2D eigenvalue weighted by atomic mass is 10.1. The maximum absolute atomic E-state index is 5.93. The number of fused-ring (bicyclic) bond motifs is 1. The summed E-state index contributed by atoms with van der Waals surface area (Å²) in [6.45, 7) is 8.78. The van der Waals surface area contributed by atoms with Crippen molar-refractivity contribution in [2.24, 2.45) is 0 Å². The quantitative estimate of drug-likeness (QED) is 0.780. The molecule has 0 aliphatic heterocycles. The van der Waals surface area contributed by atoms with Crippen molar-refractivity contribution in [1.29, 1.82) is 0 Å². The van der Waals surface area contributed by atoms with E-state index in [1.165, 1.54) is 5.56 Å². The summed E-state index contributed by atoms with van der Waals surface area (Å²) in [7, 11) is 0. The van der Waals surface area contributed by atoms with E-state index in [1.807, 2.05) is 37.5 Å². The maximum Gasteiger partial charge on any atom is 0.152 e. The number of nitrogens with zero attached hydrogens (tertiary/aromatic N) is 3. The maximum atomic E-state index is 5.93. The van der Waals surface area contributed by atoms with Crippen LogP contribution < -0.4 is 10.1 Å². The Morgan fingerprint density at radius 2 is 2.04 bits per heavy atom. The van der Waals surface area contributed by atoms with Crippen molar-refractivity contribution in [2.45, 2.75) is 40.3 Å². The largest absolute Gasteiger partial charge is 0.491 e. The summed E-state index contributed by atoms with van der Waals surface area (Å²) >= 11 is 0. The third-order valence-corrected chi connectivity index (χ3v) is 3.54. The molecule has 0 unspecified atom stereocenters. The summed E-state index contributed by atoms with van der Waals surface area (Å²) in [5.74, 6) is 1.74. The van der Waals surface area contributed by atoms with Crippen molar-refractivity contribution < 1.29 is 4.74 Å². The van der Waals surface area contributed by atoms with Crippen molar-refractivity contribution in [3.8, 4) is 5.75 Å². The fourth-order valence-corrected chi connectivity index (χ4v) is 2.53. The van der Waals surface area contributed by atoms with Crippen LogP contribution in [0.25, 0.3) is 5.52 Å². The van der Waals surface area contributed by atoms with Crippen LogP contribution in [0.5, 0.6) is 5.75 Å². The molecular weight excluding hydrogens is 288 g/mol. The first-order valence-corrected chi connectivity index (χ1v) is 7.84. The molecule has 0 amide bonds. The number of ether oxygens (including phenoxy) is 1. The Hall–Kier alpha value is -2.56. The lowest BCUT2D eigenvalue weighted by molar-refractivity contribution is 0.240. The molecule has 0 radical (unpaired) electrons. The van der Waals surface area contributed by atoms with Gasteiger partial charge in [0, 0.05) is 24.5 Å². The van der Waals surface area contributed by atoms with E-state index < -0.39 is 0 Å². The molecule has 5 heteroatoms. The van der Waals surface area contributed by atoms with Crippen LogP contribution in [0, 0.1) is 13.8 Å². The van der Waals surface area contributed by atoms with Gasteiger partial charge in [-0.1, -0.05) is 12.1 Å². The van der Waals surface area contributed by atoms with E-state index in [0.717, 1.165) is 28.3 Å². The molecule has 1 aromatic carbocycles. The van der Waals surface area contributed by atoms with Crippen LogP contribution in [0.1, 0.15) is 30.7 Å². The van der Waals surface area contributed by atoms with E-state index in [0.29, 0.717) is 6.54 Å². The first-order valence-electron chi connectivity index (χ1n) is 7.84. The van der Waals surface area contributed by atoms with Gasteiger partial charge in [-0.3, -0.25) is 0 Å². The second-order valence-electron chi connectivity index (χ2n) is 6.02. The average molecular weight is 310 g/mol. The van der Waals surface area contributed by atoms with Crippen molar-refractivity contribution in [3.63, 3.8) is 0 Å². The molecule has 120 valence electrons. The predicted molar refractivity (Wildman–Crippen MR) is 92.0 cm³/mol. The highest BCUT2D eigenvalue weighted by molar-refractivity contribution is 5.67. The van der Waals surface area contributed by atoms with Crippen molar-refractivity contribution in [2.75, 3.05) is 5.32 Å². The number of aryl methyl sites for hydroxylation is 2. The van der Waals surface area contributed by atoms with E-state index in [2.05, 4.69) is 40.5 Å². The van der Waals surface area contributed by atoms with Crippen LogP contribution in [0.2, 0.25) is 0 Å². The van der Waals surface area contributed by atoms with Crippen LogP contribution in [0.4, 0.5) is 5.82 Å². The van der Waals surface area contributed by atoms with Gasteiger partial charge in [0.05, 0.1) is 11.8 Å². The summed E-state index contributed by atoms with van der Waals surface area (Å²) in [5, 5.41) is 7.81. The molecular formula is C18H22N4O. The Morgan fingerprint density at radius 3 is 2.83 bits per heavy atom. The standard InChI is InChI=1S/C18H22N4O/c1-12(2)23-17-9-13(3)5-6-15(17)11-20-18-16-10-14(4)21-22(16)8-7-19-18/h5-10,12H,11H2,1-4H3,(H,19,20). The van der Waals surface area contributed by atoms with Gasteiger partial charge < -0.3 is 10.1 Å². The van der Waals surface area contributed by atoms with Gasteiger partial charge in [-0.05, 0) is 45.4 Å². The van der Waals surface area contributed by atoms with Crippen LogP contribution in [0.15, 0.2) is 36.7 Å². The zero-order chi connectivity index (χ0) is 16.4. The van der Waals surface area contributed by atoms with Crippen molar-refractivity contribution >= 4 is 11.3 Å². The first kappa shape index (κ1) is 15.3. The minimum Gasteiger partial charge on any atom is -0.491 e. The fourth-order valence-electron chi connectivity index (χ4n) is 2.53. The average Bonchev–Trinajstić information content (AvgIpc) is 2.86. The van der Waals surface area contributed by atoms with Gasteiger partial charge in [0.2, 0.25) is 0 Å². The number of aromatic nitrogens is 3. The van der Waals surface area contributed by atoms with Crippen LogP contribution >= 0.6 is 0 Å². The van der Waals surface area contributed by atoms with Gasteiger partial charge >= 0.3 is 0 Å². The molecule has 0 aliphatic carbocycles. The molecule has 2 heterocycles. The van der Waals surface area contributed by atoms with Gasteiger partial charge in [0.25, 0.3) is 0 Å². The minimum atomic E-state index is 0.148. The van der Waals surface area contributed by atoms with Crippen LogP contribution in [-0.2, 0) is 6.54 Å². The third kappa shape index (κ3) is 3.44. The highest BCUT2D eigenvalue weighted by Crippen LogP contribution is 2.23. The topological polar surface area (TPSA) is 51.5 Å². The van der Waals surface area contributed by atoms with Crippen LogP contribution in [-0.4, -0.2) is 20.7 Å². The second kappa shape index (κ2) is 6.28. The molecule has 23 heavy (non-hydrogen) atoms. The normalized spacial score (nSPS) is 11.2. The van der Waals surface area contributed by atoms with Crippen LogP contribution in [0.3, 0.4) is 0 Å². The second-order valence-corrected chi connectivity index (χ2v) is 6.02. The molecule has 0 aliphatic rings. The van der Waals surface area contributed by atoms with Gasteiger partial charge in [0.15, 0.2) is 5.82 Å². The highest BCUT2D eigenvalue weighted by Gasteiger charge is 2.09. The summed E-state index contributed by atoms with van der Waals surface area (Å²) in [4.78, 5) is 4.43. The number of nitrogens with one attached hydrogen (secondary N) is 1. The first-order chi connectivity index (χ1) is 11.0. The van der Waals surface area contributed by atoms with Crippen molar-refractivity contribution in [1.82, 2.24) is 14.6 Å². The molecule has 3 rings (SSSR count). The summed E-state index contributed by atoms with van der Waals surface area (Å²) in [6.07, 6.45) is 3.75. The molecule has 0 fully saturated rings. The monoisotopic (exact) mass is 310 g/mol. The van der Waals surface area contributed by atoms with E-state index in [9.17, 15) is 0 Å². The Balaban J connectivity index is 1.85. The number of anilines is 1. The van der Waals surface area contributed by atoms with Gasteiger partial charge in [0.1, 0.15) is 11.3 Å². The number of hydrogen-bond acceptors (Lipinski definition) is 4. The molecule has 0 bridgehead atoms. The Labute approximate surface area is 136 Å². The Morgan fingerprint density at radius 1 is 1.22 bits per heavy atom. The predicted octanol–water partition coefficient (Wildman–Crippen LogP) is 3.75. The van der Waals surface area contributed by atoms with E-state index in [4.69, 9.17) is 4.74 Å². The smallest absolute Gasteiger partial charge is 0.152 e. The number of rotatable bonds is 5.